The molecule has 0 aliphatic carbocycles. The number of nitrogens with zero attached hydrogens (tertiary/aromatic N) is 1. The molecule has 3 nitrogen and oxygen atoms in total. The molecule has 1 aromatic rings. The van der Waals surface area contributed by atoms with Crippen molar-refractivity contribution in [3.63, 3.8) is 0 Å². The summed E-state index contributed by atoms with van der Waals surface area (Å²) in [5.41, 5.74) is 1.24. The summed E-state index contributed by atoms with van der Waals surface area (Å²) in [6, 6.07) is 8.31. The van der Waals surface area contributed by atoms with Gasteiger partial charge in [-0.2, -0.15) is 0 Å². The summed E-state index contributed by atoms with van der Waals surface area (Å²) in [4.78, 5) is 12.0. The van der Waals surface area contributed by atoms with E-state index >= 15 is 0 Å². The Labute approximate surface area is 99.6 Å². The van der Waals surface area contributed by atoms with Crippen LogP contribution in [0, 0.1) is 12.8 Å². The minimum absolute atomic E-state index is 0.196. The Morgan fingerprint density at radius 3 is 2.69 bits per heavy atom. The number of rotatable bonds is 3. The number of aryl methyl sites for hydroxylation is 1. The van der Waals surface area contributed by atoms with Crippen LogP contribution in [0.25, 0.3) is 0 Å². The fourth-order valence-corrected chi connectivity index (χ4v) is 2.77. The van der Waals surface area contributed by atoms with E-state index in [0.717, 1.165) is 13.0 Å². The third-order valence-electron chi connectivity index (χ3n) is 2.76. The van der Waals surface area contributed by atoms with Crippen molar-refractivity contribution < 1.29 is 9.90 Å². The summed E-state index contributed by atoms with van der Waals surface area (Å²) in [7, 11) is 0. The monoisotopic (exact) mass is 237 g/mol. The van der Waals surface area contributed by atoms with Gasteiger partial charge in [-0.15, -0.1) is 0 Å². The van der Waals surface area contributed by atoms with Crippen LogP contribution in [0.1, 0.15) is 12.0 Å². The van der Waals surface area contributed by atoms with Gasteiger partial charge in [-0.1, -0.05) is 17.7 Å². The van der Waals surface area contributed by atoms with Crippen molar-refractivity contribution in [1.82, 2.24) is 4.31 Å². The lowest BCUT2D eigenvalue weighted by Gasteiger charge is -2.13. The second-order valence-electron chi connectivity index (χ2n) is 4.12. The Morgan fingerprint density at radius 1 is 1.44 bits per heavy atom. The summed E-state index contributed by atoms with van der Waals surface area (Å²) in [5, 5.41) is 8.90. The van der Waals surface area contributed by atoms with Crippen LogP contribution in [0.5, 0.6) is 0 Å². The molecule has 1 fully saturated rings. The zero-order chi connectivity index (χ0) is 11.5. The molecule has 1 aliphatic heterocycles. The van der Waals surface area contributed by atoms with Gasteiger partial charge in [0.05, 0.1) is 5.92 Å². The first-order chi connectivity index (χ1) is 7.65. The highest BCUT2D eigenvalue weighted by atomic mass is 32.2. The lowest BCUT2D eigenvalue weighted by Crippen LogP contribution is -2.17. The highest BCUT2D eigenvalue weighted by molar-refractivity contribution is 7.97. The second kappa shape index (κ2) is 4.89. The molecule has 86 valence electrons. The Kier molecular flexibility index (Phi) is 3.51. The summed E-state index contributed by atoms with van der Waals surface area (Å²) in [6.07, 6.45) is 0.758. The van der Waals surface area contributed by atoms with Crippen LogP contribution in [0.2, 0.25) is 0 Å². The molecule has 1 aromatic carbocycles. The molecule has 1 saturated heterocycles. The van der Waals surface area contributed by atoms with Crippen LogP contribution < -0.4 is 0 Å². The maximum Gasteiger partial charge on any atom is 0.307 e. The average molecular weight is 237 g/mol. The van der Waals surface area contributed by atoms with Gasteiger partial charge in [-0.3, -0.25) is 4.79 Å². The normalized spacial score (nSPS) is 21.2. The number of carbonyl (C=O) groups is 1. The van der Waals surface area contributed by atoms with E-state index in [1.165, 1.54) is 10.5 Å². The molecule has 1 unspecified atom stereocenters. The van der Waals surface area contributed by atoms with Crippen LogP contribution in [0.15, 0.2) is 29.2 Å². The number of carboxylic acid groups (broad SMARTS) is 1. The van der Waals surface area contributed by atoms with Crippen LogP contribution in [-0.4, -0.2) is 28.5 Å². The van der Waals surface area contributed by atoms with Crippen LogP contribution >= 0.6 is 11.9 Å². The van der Waals surface area contributed by atoms with E-state index in [1.807, 2.05) is 0 Å². The standard InChI is InChI=1S/C12H15NO2S/c1-9-2-4-11(5-3-9)16-13-7-6-10(8-13)12(14)15/h2-5,10H,6-8H2,1H3,(H,14,15). The molecule has 2 rings (SSSR count). The van der Waals surface area contributed by atoms with Gasteiger partial charge in [0.2, 0.25) is 0 Å². The number of aliphatic carboxylic acids is 1. The summed E-state index contributed by atoms with van der Waals surface area (Å²) >= 11 is 1.65. The van der Waals surface area contributed by atoms with E-state index in [2.05, 4.69) is 35.5 Å². The Morgan fingerprint density at radius 2 is 2.12 bits per heavy atom. The van der Waals surface area contributed by atoms with Gasteiger partial charge in [0.15, 0.2) is 0 Å². The number of hydrogen-bond acceptors (Lipinski definition) is 3. The molecule has 0 amide bonds. The molecule has 1 atom stereocenters. The fourth-order valence-electron chi connectivity index (χ4n) is 1.76. The van der Waals surface area contributed by atoms with E-state index in [4.69, 9.17) is 5.11 Å². The molecule has 0 bridgehead atoms. The molecule has 0 aromatic heterocycles. The largest absolute Gasteiger partial charge is 0.481 e. The molecule has 0 spiro atoms. The van der Waals surface area contributed by atoms with Gasteiger partial charge in [0, 0.05) is 18.0 Å². The van der Waals surface area contributed by atoms with Crippen molar-refractivity contribution in [2.24, 2.45) is 5.92 Å². The molecular formula is C12H15NO2S. The minimum atomic E-state index is -0.674. The quantitative estimate of drug-likeness (QED) is 0.820. The zero-order valence-corrected chi connectivity index (χ0v) is 10.0. The minimum Gasteiger partial charge on any atom is -0.481 e. The number of benzene rings is 1. The van der Waals surface area contributed by atoms with E-state index in [-0.39, 0.29) is 5.92 Å². The first kappa shape index (κ1) is 11.5. The first-order valence-corrected chi connectivity index (χ1v) is 6.15. The first-order valence-electron chi connectivity index (χ1n) is 5.37. The molecule has 0 saturated carbocycles. The molecule has 4 heteroatoms. The smallest absolute Gasteiger partial charge is 0.307 e. The zero-order valence-electron chi connectivity index (χ0n) is 9.22. The Hall–Kier alpha value is -1.00. The second-order valence-corrected chi connectivity index (χ2v) is 5.29. The van der Waals surface area contributed by atoms with Gasteiger partial charge in [-0.05, 0) is 37.4 Å². The summed E-state index contributed by atoms with van der Waals surface area (Å²) in [6.45, 7) is 3.56. The lowest BCUT2D eigenvalue weighted by atomic mass is 10.1. The van der Waals surface area contributed by atoms with Crippen LogP contribution in [0.4, 0.5) is 0 Å². The van der Waals surface area contributed by atoms with Crippen molar-refractivity contribution in [2.45, 2.75) is 18.2 Å². The third kappa shape index (κ3) is 2.77. The molecule has 1 aliphatic rings. The average Bonchev–Trinajstić information content (AvgIpc) is 2.70. The van der Waals surface area contributed by atoms with Crippen molar-refractivity contribution in [3.05, 3.63) is 29.8 Å². The maximum absolute atomic E-state index is 10.8. The highest BCUT2D eigenvalue weighted by Crippen LogP contribution is 2.29. The number of hydrogen-bond donors (Lipinski definition) is 1. The Balaban J connectivity index is 1.92. The predicted octanol–water partition coefficient (Wildman–Crippen LogP) is 2.41. The number of carboxylic acids is 1. The van der Waals surface area contributed by atoms with Crippen molar-refractivity contribution in [2.75, 3.05) is 13.1 Å². The van der Waals surface area contributed by atoms with Crippen molar-refractivity contribution in [3.8, 4) is 0 Å². The molecule has 1 N–H and O–H groups in total. The van der Waals surface area contributed by atoms with Crippen molar-refractivity contribution >= 4 is 17.9 Å². The highest BCUT2D eigenvalue weighted by Gasteiger charge is 2.28. The summed E-state index contributed by atoms with van der Waals surface area (Å²) in [5.74, 6) is -0.870. The van der Waals surface area contributed by atoms with Gasteiger partial charge in [0.1, 0.15) is 0 Å². The molecular weight excluding hydrogens is 222 g/mol. The van der Waals surface area contributed by atoms with Gasteiger partial charge in [0.25, 0.3) is 0 Å². The van der Waals surface area contributed by atoms with Crippen molar-refractivity contribution in [1.29, 1.82) is 0 Å². The van der Waals surface area contributed by atoms with Gasteiger partial charge >= 0.3 is 5.97 Å². The maximum atomic E-state index is 10.8. The van der Waals surface area contributed by atoms with Crippen LogP contribution in [0.3, 0.4) is 0 Å². The molecule has 16 heavy (non-hydrogen) atoms. The fraction of sp³-hybridized carbons (Fsp3) is 0.417. The van der Waals surface area contributed by atoms with E-state index in [0.29, 0.717) is 6.54 Å². The third-order valence-corrected chi connectivity index (χ3v) is 3.83. The molecule has 0 radical (unpaired) electrons. The van der Waals surface area contributed by atoms with E-state index < -0.39 is 5.97 Å². The van der Waals surface area contributed by atoms with Gasteiger partial charge < -0.3 is 5.11 Å². The predicted molar refractivity (Wildman–Crippen MR) is 64.4 cm³/mol. The van der Waals surface area contributed by atoms with Crippen LogP contribution in [-0.2, 0) is 4.79 Å². The summed E-state index contributed by atoms with van der Waals surface area (Å²) < 4.78 is 2.13. The SMILES string of the molecule is Cc1ccc(SN2CCC(C(=O)O)C2)cc1. The van der Waals surface area contributed by atoms with Gasteiger partial charge in [-0.25, -0.2) is 4.31 Å². The van der Waals surface area contributed by atoms with E-state index in [9.17, 15) is 4.79 Å². The topological polar surface area (TPSA) is 40.5 Å². The lowest BCUT2D eigenvalue weighted by molar-refractivity contribution is -0.141. The van der Waals surface area contributed by atoms with E-state index in [1.54, 1.807) is 11.9 Å². The molecule has 1 heterocycles. The Bertz CT molecular complexity index is 377.